The van der Waals surface area contributed by atoms with Crippen LogP contribution in [0.5, 0.6) is 5.75 Å². The van der Waals surface area contributed by atoms with Crippen LogP contribution in [0, 0.1) is 41.3 Å². The summed E-state index contributed by atoms with van der Waals surface area (Å²) in [6, 6.07) is 6.62. The van der Waals surface area contributed by atoms with Crippen LogP contribution in [0.4, 0.5) is 0 Å². The fourth-order valence-corrected chi connectivity index (χ4v) is 0.659. The zero-order chi connectivity index (χ0) is 7.40. The minimum Gasteiger partial charge on any atom is -0.507 e. The monoisotopic (exact) mass is 275 g/mol. The topological polar surface area (TPSA) is 56.6 Å². The number of benzene rings is 1. The molecule has 3 nitrogen and oxygen atoms in total. The number of para-hydroxylation sites is 1. The molecule has 11 heavy (non-hydrogen) atoms. The summed E-state index contributed by atoms with van der Waals surface area (Å²) in [7, 11) is 0. The molecule has 0 heterocycles. The van der Waals surface area contributed by atoms with Crippen LogP contribution in [0.25, 0.3) is 5.53 Å². The van der Waals surface area contributed by atoms with Crippen molar-refractivity contribution in [2.45, 2.75) is 0 Å². The van der Waals surface area contributed by atoms with Gasteiger partial charge in [0.25, 0.3) is 6.21 Å². The molecule has 1 aromatic carbocycles. The summed E-state index contributed by atoms with van der Waals surface area (Å²) < 4.78 is 0. The van der Waals surface area contributed by atoms with Gasteiger partial charge in [0.2, 0.25) is 0 Å². The van der Waals surface area contributed by atoms with Crippen LogP contribution in [-0.2, 0) is 0 Å². The van der Waals surface area contributed by atoms with Gasteiger partial charge in [-0.3, -0.25) is 0 Å². The minimum atomic E-state index is 0. The average molecular weight is 275 g/mol. The molecule has 0 spiro atoms. The van der Waals surface area contributed by atoms with E-state index in [0.717, 1.165) is 0 Å². The second-order valence-corrected chi connectivity index (χ2v) is 1.80. The van der Waals surface area contributed by atoms with Crippen molar-refractivity contribution in [3.8, 4) is 5.75 Å². The van der Waals surface area contributed by atoms with Crippen molar-refractivity contribution in [3.63, 3.8) is 0 Å². The number of aromatic hydroxyl groups is 1. The molecule has 0 aromatic heterocycles. The van der Waals surface area contributed by atoms with Crippen LogP contribution in [0.2, 0.25) is 0 Å². The van der Waals surface area contributed by atoms with E-state index in [9.17, 15) is 0 Å². The van der Waals surface area contributed by atoms with Crippen LogP contribution in [-0.4, -0.2) is 16.1 Å². The summed E-state index contributed by atoms with van der Waals surface area (Å²) in [5.41, 5.74) is 8.61. The Balaban J connectivity index is 0.000001000. The Bertz CT molecular complexity index is 282. The van der Waals surface area contributed by atoms with Crippen molar-refractivity contribution >= 4 is 6.21 Å². The van der Waals surface area contributed by atoms with Crippen molar-refractivity contribution in [3.05, 3.63) is 35.4 Å². The first kappa shape index (κ1) is 10.8. The minimum absolute atomic E-state index is 0. The predicted molar refractivity (Wildman–Crippen MR) is 36.9 cm³/mol. The third kappa shape index (κ3) is 3.11. The van der Waals surface area contributed by atoms with Gasteiger partial charge < -0.3 is 10.6 Å². The Hall–Kier alpha value is -0.236. The van der Waals surface area contributed by atoms with Gasteiger partial charge in [0.15, 0.2) is 0 Å². The summed E-state index contributed by atoms with van der Waals surface area (Å²) in [5, 5.41) is 9.04. The molecule has 0 unspecified atom stereocenters. The van der Waals surface area contributed by atoms with Gasteiger partial charge in [-0.25, -0.2) is 0 Å². The van der Waals surface area contributed by atoms with Crippen molar-refractivity contribution in [2.75, 3.05) is 0 Å². The predicted octanol–water partition coefficient (Wildman–Crippen LogP) is 1.04. The Morgan fingerprint density at radius 1 is 1.36 bits per heavy atom. The first-order chi connectivity index (χ1) is 4.84. The number of hydrogen-bond acceptors (Lipinski definition) is 1. The summed E-state index contributed by atoms with van der Waals surface area (Å²) in [4.78, 5) is 2.78. The number of rotatable bonds is 1. The quantitative estimate of drug-likeness (QED) is 0.464. The normalized spacial score (nSPS) is 7.64. The van der Waals surface area contributed by atoms with Crippen LogP contribution in [0.15, 0.2) is 24.3 Å². The molecule has 1 aromatic rings. The third-order valence-electron chi connectivity index (χ3n) is 1.13. The molecule has 0 aliphatic carbocycles. The molecule has 1 rings (SSSR count). The van der Waals surface area contributed by atoms with Crippen LogP contribution in [0.1, 0.15) is 5.56 Å². The molecule has 53 valence electrons. The largest absolute Gasteiger partial charge is 0.507 e. The SMILES string of the molecule is [N-]=[N+]=Cc1ccccc1O.[Pr]. The second kappa shape index (κ2) is 5.42. The van der Waals surface area contributed by atoms with E-state index in [-0.39, 0.29) is 47.0 Å². The van der Waals surface area contributed by atoms with Gasteiger partial charge in [0.05, 0.1) is 5.56 Å². The molecular weight excluding hydrogens is 269 g/mol. The molecule has 0 saturated heterocycles. The van der Waals surface area contributed by atoms with Gasteiger partial charge in [0, 0.05) is 41.3 Å². The Kier molecular flexibility index (Phi) is 5.30. The molecule has 0 fully saturated rings. The molecule has 1 radical (unpaired) electrons. The van der Waals surface area contributed by atoms with E-state index in [1.54, 1.807) is 18.2 Å². The van der Waals surface area contributed by atoms with E-state index < -0.39 is 0 Å². The number of phenolic OH excluding ortho intramolecular Hbond substituents is 1. The molecule has 0 amide bonds. The Morgan fingerprint density at radius 3 is 2.55 bits per heavy atom. The number of hydrogen-bond donors (Lipinski definition) is 1. The molecular formula is C7H6N2OPr. The van der Waals surface area contributed by atoms with Crippen molar-refractivity contribution in [1.82, 2.24) is 0 Å². The van der Waals surface area contributed by atoms with Gasteiger partial charge in [-0.15, -0.1) is 0 Å². The van der Waals surface area contributed by atoms with E-state index in [1.807, 2.05) is 0 Å². The smallest absolute Gasteiger partial charge is 0.291 e. The van der Waals surface area contributed by atoms with Crippen molar-refractivity contribution in [2.24, 2.45) is 0 Å². The summed E-state index contributed by atoms with van der Waals surface area (Å²) in [5.74, 6) is 0.111. The van der Waals surface area contributed by atoms with E-state index in [4.69, 9.17) is 10.6 Å². The summed E-state index contributed by atoms with van der Waals surface area (Å²) >= 11 is 0. The van der Waals surface area contributed by atoms with Gasteiger partial charge in [-0.2, -0.15) is 4.79 Å². The Morgan fingerprint density at radius 2 is 2.00 bits per heavy atom. The fraction of sp³-hybridized carbons (Fsp3) is 0. The summed E-state index contributed by atoms with van der Waals surface area (Å²) in [6.07, 6.45) is 1.18. The summed E-state index contributed by atoms with van der Waals surface area (Å²) in [6.45, 7) is 0. The first-order valence-electron chi connectivity index (χ1n) is 2.80. The first-order valence-corrected chi connectivity index (χ1v) is 2.80. The molecule has 0 saturated carbocycles. The molecule has 0 aliphatic rings. The van der Waals surface area contributed by atoms with Crippen molar-refractivity contribution < 1.29 is 51.2 Å². The maximum Gasteiger partial charge on any atom is 0.291 e. The molecule has 1 N–H and O–H groups in total. The fourth-order valence-electron chi connectivity index (χ4n) is 0.659. The molecule has 0 atom stereocenters. The standard InChI is InChI=1S/C7H6N2O.Pr/c8-9-5-6-3-1-2-4-7(6)10;/h1-5,10H;. The second-order valence-electron chi connectivity index (χ2n) is 1.80. The number of nitrogens with zero attached hydrogens (tertiary/aromatic N) is 2. The molecule has 4 heteroatoms. The zero-order valence-electron chi connectivity index (χ0n) is 5.81. The van der Waals surface area contributed by atoms with E-state index in [0.29, 0.717) is 5.56 Å². The maximum atomic E-state index is 9.04. The van der Waals surface area contributed by atoms with Gasteiger partial charge in [-0.05, 0) is 12.1 Å². The maximum absolute atomic E-state index is 9.04. The molecule has 0 bridgehead atoms. The van der Waals surface area contributed by atoms with Crippen LogP contribution in [0.3, 0.4) is 0 Å². The zero-order valence-corrected chi connectivity index (χ0v) is 9.51. The molecule has 0 aliphatic heterocycles. The van der Waals surface area contributed by atoms with E-state index >= 15 is 0 Å². The van der Waals surface area contributed by atoms with Crippen molar-refractivity contribution in [1.29, 1.82) is 0 Å². The van der Waals surface area contributed by atoms with E-state index in [1.165, 1.54) is 12.3 Å². The number of phenols is 1. The van der Waals surface area contributed by atoms with Crippen LogP contribution < -0.4 is 0 Å². The average Bonchev–Trinajstić information content (AvgIpc) is 1.94. The van der Waals surface area contributed by atoms with Gasteiger partial charge in [0.1, 0.15) is 5.75 Å². The van der Waals surface area contributed by atoms with Gasteiger partial charge >= 0.3 is 0 Å². The van der Waals surface area contributed by atoms with Gasteiger partial charge in [-0.1, -0.05) is 12.1 Å². The van der Waals surface area contributed by atoms with Crippen LogP contribution >= 0.6 is 0 Å². The third-order valence-corrected chi connectivity index (χ3v) is 1.13. The Labute approximate surface area is 97.6 Å². The van der Waals surface area contributed by atoms with E-state index in [2.05, 4.69) is 4.79 Å².